The van der Waals surface area contributed by atoms with Crippen LogP contribution in [0.3, 0.4) is 0 Å². The zero-order chi connectivity index (χ0) is 44.6. The summed E-state index contributed by atoms with van der Waals surface area (Å²) in [5, 5.41) is 12.0. The molecular weight excluding hydrogens is 805 g/mol. The van der Waals surface area contributed by atoms with Crippen LogP contribution < -0.4 is 14.8 Å². The van der Waals surface area contributed by atoms with E-state index in [2.05, 4.69) is 11.8 Å². The summed E-state index contributed by atoms with van der Waals surface area (Å²) in [6.45, 7) is 4.86. The molecule has 3 aliphatic carbocycles. The number of carboxylic acids is 1. The summed E-state index contributed by atoms with van der Waals surface area (Å²) in [5.41, 5.74) is 3.98. The Morgan fingerprint density at radius 1 is 0.730 bits per heavy atom. The minimum Gasteiger partial charge on any atom is -0.478 e. The van der Waals surface area contributed by atoms with E-state index in [0.717, 1.165) is 47.7 Å². The van der Waals surface area contributed by atoms with Crippen molar-refractivity contribution in [1.82, 2.24) is 4.58 Å². The number of ether oxygens (including phenoxy) is 6. The minimum absolute atomic E-state index is 0.0992. The molecule has 0 aromatic heterocycles. The Kier molecular flexibility index (Phi) is 18.1. The zero-order valence-corrected chi connectivity index (χ0v) is 37.3. The Bertz CT molecular complexity index is 2250. The van der Waals surface area contributed by atoms with Crippen LogP contribution in [0.4, 0.5) is 5.69 Å². The van der Waals surface area contributed by atoms with Gasteiger partial charge in [0, 0.05) is 92.9 Å². The lowest BCUT2D eigenvalue weighted by Crippen LogP contribution is -2.21. The lowest BCUT2D eigenvalue weighted by Gasteiger charge is -2.19. The van der Waals surface area contributed by atoms with Gasteiger partial charge < -0.3 is 42.8 Å². The van der Waals surface area contributed by atoms with Gasteiger partial charge in [-0.25, -0.2) is 9.37 Å². The molecule has 0 amide bonds. The van der Waals surface area contributed by atoms with E-state index in [9.17, 15) is 19.5 Å². The molecule has 338 valence electrons. The van der Waals surface area contributed by atoms with Crippen molar-refractivity contribution in [2.45, 2.75) is 51.4 Å². The van der Waals surface area contributed by atoms with E-state index in [1.165, 1.54) is 6.07 Å². The van der Waals surface area contributed by atoms with Crippen LogP contribution in [0.15, 0.2) is 59.0 Å². The highest BCUT2D eigenvalue weighted by molar-refractivity contribution is 6.09. The summed E-state index contributed by atoms with van der Waals surface area (Å²) in [6, 6.07) is 16.5. The molecule has 4 aliphatic rings. The monoisotopic (exact) mass is 867 g/mol. The highest BCUT2D eigenvalue weighted by atomic mass is 16.6. The average molecular weight is 868 g/mol. The molecule has 2 aromatic rings. The molecule has 0 radical (unpaired) electrons. The number of hydrogen-bond acceptors (Lipinski definition) is 11. The van der Waals surface area contributed by atoms with E-state index in [1.54, 1.807) is 12.1 Å². The van der Waals surface area contributed by atoms with Gasteiger partial charge in [-0.2, -0.15) is 0 Å². The van der Waals surface area contributed by atoms with Crippen LogP contribution in [0, 0.1) is 29.6 Å². The maximum Gasteiger partial charge on any atom is 0.336 e. The van der Waals surface area contributed by atoms with Gasteiger partial charge in [0.25, 0.3) is 0 Å². The maximum absolute atomic E-state index is 13.4. The van der Waals surface area contributed by atoms with E-state index >= 15 is 0 Å². The number of fused-ring (bicyclic) bond motifs is 3. The fraction of sp³-hybridized carbons (Fsp3) is 0.520. The van der Waals surface area contributed by atoms with Crippen LogP contribution >= 0.6 is 0 Å². The van der Waals surface area contributed by atoms with Crippen molar-refractivity contribution in [1.29, 1.82) is 0 Å². The number of benzene rings is 3. The van der Waals surface area contributed by atoms with Gasteiger partial charge in [-0.15, -0.1) is 11.8 Å². The number of nitrogens with zero attached hydrogens (tertiary/aromatic N) is 2. The van der Waals surface area contributed by atoms with Crippen molar-refractivity contribution in [3.05, 3.63) is 71.1 Å². The number of Topliss-reactive ketones (excluding diaryl/α,β-unsaturated/α-hetero) is 1. The number of hydrogen-bond donors (Lipinski definition) is 1. The van der Waals surface area contributed by atoms with Gasteiger partial charge in [-0.05, 0) is 79.3 Å². The van der Waals surface area contributed by atoms with E-state index < -0.39 is 5.97 Å². The second-order valence-corrected chi connectivity index (χ2v) is 16.5. The minimum atomic E-state index is -1.08. The molecule has 1 saturated carbocycles. The van der Waals surface area contributed by atoms with Crippen molar-refractivity contribution >= 4 is 34.4 Å². The quantitative estimate of drug-likeness (QED) is 0.0177. The summed E-state index contributed by atoms with van der Waals surface area (Å²) in [6.07, 6.45) is 5.94. The van der Waals surface area contributed by atoms with Gasteiger partial charge in [0.15, 0.2) is 5.78 Å². The summed E-state index contributed by atoms with van der Waals surface area (Å²) < 4.78 is 41.9. The number of carboxylic acid groups (broad SMARTS) is 1. The number of esters is 1. The van der Waals surface area contributed by atoms with Crippen LogP contribution in [-0.4, -0.2) is 124 Å². The van der Waals surface area contributed by atoms with E-state index in [-0.39, 0.29) is 23.7 Å². The fourth-order valence-electron chi connectivity index (χ4n) is 8.15. The lowest BCUT2D eigenvalue weighted by atomic mass is 9.88. The maximum atomic E-state index is 13.4. The molecule has 13 heteroatoms. The van der Waals surface area contributed by atoms with Crippen LogP contribution in [-0.2, 0) is 33.2 Å². The zero-order valence-electron chi connectivity index (χ0n) is 37.3. The van der Waals surface area contributed by atoms with E-state index in [1.807, 2.05) is 74.1 Å². The molecule has 0 saturated heterocycles. The number of carbonyl (C=O) groups excluding carboxylic acids is 2. The molecule has 6 rings (SSSR count). The van der Waals surface area contributed by atoms with Crippen molar-refractivity contribution in [2.24, 2.45) is 17.8 Å². The summed E-state index contributed by atoms with van der Waals surface area (Å²) in [5.74, 6) is 7.58. The van der Waals surface area contributed by atoms with Gasteiger partial charge in [0.05, 0.1) is 71.1 Å². The van der Waals surface area contributed by atoms with Gasteiger partial charge in [0.2, 0.25) is 5.36 Å². The third kappa shape index (κ3) is 13.7. The predicted molar refractivity (Wildman–Crippen MR) is 241 cm³/mol. The molecular formula is C50H63N2O11+. The van der Waals surface area contributed by atoms with Gasteiger partial charge >= 0.3 is 11.9 Å². The average Bonchev–Trinajstić information content (AvgIpc) is 3.92. The van der Waals surface area contributed by atoms with E-state index in [0.29, 0.717) is 138 Å². The molecule has 3 atom stereocenters. The molecule has 2 aromatic carbocycles. The number of ketones is 1. The Morgan fingerprint density at radius 3 is 1.92 bits per heavy atom. The summed E-state index contributed by atoms with van der Waals surface area (Å²) in [7, 11) is 7.79. The molecule has 63 heavy (non-hydrogen) atoms. The topological polar surface area (TPSA) is 146 Å². The van der Waals surface area contributed by atoms with Crippen molar-refractivity contribution in [2.75, 3.05) is 106 Å². The molecule has 13 nitrogen and oxygen atoms in total. The highest BCUT2D eigenvalue weighted by Crippen LogP contribution is 2.52. The standard InChI is InChI=1S/C50H62N2O11/c1-51(2)36-16-19-41-46(32-36)63-47-33-37(52(3)4)17-20-42(47)49(41)43-31-35(15-18-40(43)50(55)56)45(53)13-9-21-57-23-25-59-27-29-61-30-28-60-26-24-58-22-10-14-48(54)62-34-44-38-11-7-5-6-8-12-39(38)44/h15-20,31-33,38-39,44H,7-14,21-30,34H2,1-4H3/p+1/t38-,39+,44?. The van der Waals surface area contributed by atoms with Gasteiger partial charge in [0.1, 0.15) is 25.4 Å². The smallest absolute Gasteiger partial charge is 0.336 e. The molecule has 1 N–H and O–H groups in total. The van der Waals surface area contributed by atoms with Crippen molar-refractivity contribution < 1.29 is 52.3 Å². The molecule has 1 fully saturated rings. The fourth-order valence-corrected chi connectivity index (χ4v) is 8.15. The van der Waals surface area contributed by atoms with Crippen molar-refractivity contribution in [3.8, 4) is 34.3 Å². The number of rotatable bonds is 26. The van der Waals surface area contributed by atoms with Crippen LogP contribution in [0.1, 0.15) is 72.1 Å². The number of carbonyl (C=O) groups is 3. The normalized spacial score (nSPS) is 16.7. The molecule has 1 heterocycles. The van der Waals surface area contributed by atoms with Crippen LogP contribution in [0.5, 0.6) is 0 Å². The first-order valence-corrected chi connectivity index (χ1v) is 22.2. The van der Waals surface area contributed by atoms with Gasteiger partial charge in [-0.1, -0.05) is 6.07 Å². The summed E-state index contributed by atoms with van der Waals surface area (Å²) in [4.78, 5) is 40.1. The first-order valence-electron chi connectivity index (χ1n) is 22.2. The van der Waals surface area contributed by atoms with E-state index in [4.69, 9.17) is 32.8 Å². The van der Waals surface area contributed by atoms with Gasteiger partial charge in [-0.3, -0.25) is 9.59 Å². The Labute approximate surface area is 370 Å². The predicted octanol–water partition coefficient (Wildman–Crippen LogP) is 6.81. The Balaban J connectivity index is 0.824. The molecule has 1 unspecified atom stereocenters. The largest absolute Gasteiger partial charge is 0.478 e. The second kappa shape index (κ2) is 24.1. The first kappa shape index (κ1) is 47.4. The first-order chi connectivity index (χ1) is 30.6. The SMILES string of the molecule is CN(C)c1ccc2c(-c3cc(C(=O)CCCOCCOCCOCCOCCOCCCC(=O)OCC4[C@H]5CCC#CCC[C@@H]45)ccc3C(=O)O)c3ccc(=[N+](C)C)cc-3oc2c1. The third-order valence-corrected chi connectivity index (χ3v) is 11.7. The third-order valence-electron chi connectivity index (χ3n) is 11.7. The summed E-state index contributed by atoms with van der Waals surface area (Å²) >= 11 is 0. The lowest BCUT2D eigenvalue weighted by molar-refractivity contribution is -0.144. The Hall–Kier alpha value is -5.10. The molecule has 0 bridgehead atoms. The second-order valence-electron chi connectivity index (χ2n) is 16.5. The van der Waals surface area contributed by atoms with Crippen LogP contribution in [0.2, 0.25) is 0 Å². The van der Waals surface area contributed by atoms with Crippen molar-refractivity contribution in [3.63, 3.8) is 0 Å². The van der Waals surface area contributed by atoms with Crippen LogP contribution in [0.25, 0.3) is 33.4 Å². The number of aromatic carboxylic acids is 1. The highest BCUT2D eigenvalue weighted by Gasteiger charge is 2.49. The molecule has 0 spiro atoms. The Morgan fingerprint density at radius 2 is 1.33 bits per heavy atom. The number of anilines is 1. The molecule has 1 aliphatic heterocycles.